The molecular weight excluding hydrogens is 332 g/mol. The lowest BCUT2D eigenvalue weighted by molar-refractivity contribution is 0.0950. The largest absolute Gasteiger partial charge is 0.497 e. The summed E-state index contributed by atoms with van der Waals surface area (Å²) in [7, 11) is 1.62. The fourth-order valence-corrected chi connectivity index (χ4v) is 2.47. The van der Waals surface area contributed by atoms with E-state index in [-0.39, 0.29) is 5.91 Å². The second-order valence-corrected chi connectivity index (χ2v) is 5.62. The van der Waals surface area contributed by atoms with E-state index >= 15 is 0 Å². The van der Waals surface area contributed by atoms with E-state index in [1.807, 2.05) is 31.2 Å². The number of amides is 1. The Hall–Kier alpha value is -2.01. The Morgan fingerprint density at radius 3 is 2.81 bits per heavy atom. The molecule has 5 heteroatoms. The second-order valence-electron chi connectivity index (χ2n) is 4.70. The molecule has 0 aliphatic rings. The van der Waals surface area contributed by atoms with Gasteiger partial charge < -0.3 is 15.8 Å². The summed E-state index contributed by atoms with van der Waals surface area (Å²) in [6, 6.07) is 11.1. The Balaban J connectivity index is 2.11. The molecule has 0 heterocycles. The lowest BCUT2D eigenvalue weighted by atomic mass is 10.1. The van der Waals surface area contributed by atoms with Crippen LogP contribution >= 0.6 is 15.9 Å². The van der Waals surface area contributed by atoms with E-state index in [1.54, 1.807) is 19.2 Å². The number of halogens is 1. The average molecular weight is 349 g/mol. The number of benzene rings is 2. The number of nitrogens with two attached hydrogens (primary N) is 1. The second kappa shape index (κ2) is 6.63. The van der Waals surface area contributed by atoms with Crippen LogP contribution in [-0.4, -0.2) is 13.0 Å². The van der Waals surface area contributed by atoms with Crippen molar-refractivity contribution < 1.29 is 9.53 Å². The van der Waals surface area contributed by atoms with Gasteiger partial charge in [-0.25, -0.2) is 0 Å². The molecule has 0 saturated carbocycles. The molecule has 0 radical (unpaired) electrons. The van der Waals surface area contributed by atoms with Crippen LogP contribution in [0.1, 0.15) is 21.5 Å². The maximum atomic E-state index is 12.3. The highest BCUT2D eigenvalue weighted by Crippen LogP contribution is 2.22. The number of rotatable bonds is 4. The van der Waals surface area contributed by atoms with Crippen LogP contribution in [0.4, 0.5) is 5.69 Å². The molecule has 0 aliphatic heterocycles. The van der Waals surface area contributed by atoms with Gasteiger partial charge in [-0.2, -0.15) is 0 Å². The Bertz CT molecular complexity index is 671. The number of nitrogen functional groups attached to an aromatic ring is 1. The van der Waals surface area contributed by atoms with Gasteiger partial charge in [0.15, 0.2) is 0 Å². The van der Waals surface area contributed by atoms with E-state index in [4.69, 9.17) is 10.5 Å². The molecule has 0 fully saturated rings. The van der Waals surface area contributed by atoms with Crippen LogP contribution in [0, 0.1) is 6.92 Å². The zero-order chi connectivity index (χ0) is 15.4. The first-order valence-corrected chi connectivity index (χ1v) is 7.27. The standard InChI is InChI=1S/C16H17BrN2O2/c1-10-14(7-12(17)8-15(10)18)16(20)19-9-11-4-3-5-13(6-11)21-2/h3-8H,9,18H2,1-2H3,(H,19,20). The molecule has 0 spiro atoms. The Labute approximate surface area is 132 Å². The summed E-state index contributed by atoms with van der Waals surface area (Å²) in [5, 5.41) is 2.89. The Morgan fingerprint density at radius 1 is 1.33 bits per heavy atom. The topological polar surface area (TPSA) is 64.3 Å². The van der Waals surface area contributed by atoms with Crippen molar-refractivity contribution in [3.63, 3.8) is 0 Å². The van der Waals surface area contributed by atoms with E-state index in [0.717, 1.165) is 21.3 Å². The average Bonchev–Trinajstić information content (AvgIpc) is 2.48. The van der Waals surface area contributed by atoms with Crippen LogP contribution in [0.25, 0.3) is 0 Å². The molecule has 2 aromatic rings. The number of methoxy groups -OCH3 is 1. The van der Waals surface area contributed by atoms with Gasteiger partial charge in [0.2, 0.25) is 0 Å². The van der Waals surface area contributed by atoms with Gasteiger partial charge in [0.1, 0.15) is 5.75 Å². The van der Waals surface area contributed by atoms with E-state index in [0.29, 0.717) is 17.8 Å². The molecule has 2 rings (SSSR count). The van der Waals surface area contributed by atoms with Gasteiger partial charge in [-0.1, -0.05) is 28.1 Å². The van der Waals surface area contributed by atoms with Crippen molar-refractivity contribution in [2.24, 2.45) is 0 Å². The minimum absolute atomic E-state index is 0.150. The molecule has 110 valence electrons. The highest BCUT2D eigenvalue weighted by Gasteiger charge is 2.12. The van der Waals surface area contributed by atoms with E-state index < -0.39 is 0 Å². The van der Waals surface area contributed by atoms with Gasteiger partial charge in [-0.05, 0) is 42.3 Å². The zero-order valence-electron chi connectivity index (χ0n) is 11.9. The third kappa shape index (κ3) is 3.76. The predicted octanol–water partition coefficient (Wildman–Crippen LogP) is 3.28. The lowest BCUT2D eigenvalue weighted by Crippen LogP contribution is -2.24. The van der Waals surface area contributed by atoms with E-state index in [9.17, 15) is 4.79 Å². The summed E-state index contributed by atoms with van der Waals surface area (Å²) in [6.45, 7) is 2.27. The molecule has 0 bridgehead atoms. The highest BCUT2D eigenvalue weighted by molar-refractivity contribution is 9.10. The van der Waals surface area contributed by atoms with Crippen molar-refractivity contribution in [3.8, 4) is 5.75 Å². The fraction of sp³-hybridized carbons (Fsp3) is 0.188. The summed E-state index contributed by atoms with van der Waals surface area (Å²) < 4.78 is 5.95. The SMILES string of the molecule is COc1cccc(CNC(=O)c2cc(Br)cc(N)c2C)c1. The number of carbonyl (C=O) groups excluding carboxylic acids is 1. The quantitative estimate of drug-likeness (QED) is 0.833. The van der Waals surface area contributed by atoms with Gasteiger partial charge >= 0.3 is 0 Å². The molecule has 3 N–H and O–H groups in total. The maximum absolute atomic E-state index is 12.3. The van der Waals surface area contributed by atoms with Crippen LogP contribution in [0.2, 0.25) is 0 Å². The van der Waals surface area contributed by atoms with Gasteiger partial charge in [0.05, 0.1) is 7.11 Å². The van der Waals surface area contributed by atoms with Crippen molar-refractivity contribution in [1.82, 2.24) is 5.32 Å². The maximum Gasteiger partial charge on any atom is 0.251 e. The number of nitrogens with one attached hydrogen (secondary N) is 1. The van der Waals surface area contributed by atoms with Crippen LogP contribution < -0.4 is 15.8 Å². The first-order chi connectivity index (χ1) is 10.0. The van der Waals surface area contributed by atoms with Crippen molar-refractivity contribution >= 4 is 27.5 Å². The first-order valence-electron chi connectivity index (χ1n) is 6.48. The molecule has 21 heavy (non-hydrogen) atoms. The molecule has 0 aliphatic carbocycles. The van der Waals surface area contributed by atoms with Crippen molar-refractivity contribution in [2.75, 3.05) is 12.8 Å². The van der Waals surface area contributed by atoms with Gasteiger partial charge in [-0.3, -0.25) is 4.79 Å². The van der Waals surface area contributed by atoms with Crippen LogP contribution in [0.15, 0.2) is 40.9 Å². The predicted molar refractivity (Wildman–Crippen MR) is 87.5 cm³/mol. The number of ether oxygens (including phenoxy) is 1. The van der Waals surface area contributed by atoms with E-state index in [1.165, 1.54) is 0 Å². The molecular formula is C16H17BrN2O2. The monoisotopic (exact) mass is 348 g/mol. The van der Waals surface area contributed by atoms with Gasteiger partial charge in [0, 0.05) is 22.3 Å². The molecule has 0 unspecified atom stereocenters. The Kier molecular flexibility index (Phi) is 4.85. The molecule has 2 aromatic carbocycles. The number of anilines is 1. The number of carbonyl (C=O) groups is 1. The van der Waals surface area contributed by atoms with Crippen LogP contribution in [0.5, 0.6) is 5.75 Å². The summed E-state index contributed by atoms with van der Waals surface area (Å²) in [4.78, 5) is 12.3. The molecule has 4 nitrogen and oxygen atoms in total. The fourth-order valence-electron chi connectivity index (χ4n) is 2.00. The first kappa shape index (κ1) is 15.4. The third-order valence-electron chi connectivity index (χ3n) is 3.24. The summed E-state index contributed by atoms with van der Waals surface area (Å²) in [5.41, 5.74) is 8.80. The molecule has 1 amide bonds. The lowest BCUT2D eigenvalue weighted by Gasteiger charge is -2.11. The smallest absolute Gasteiger partial charge is 0.251 e. The normalized spacial score (nSPS) is 10.2. The molecule has 0 saturated heterocycles. The third-order valence-corrected chi connectivity index (χ3v) is 3.70. The molecule has 0 atom stereocenters. The van der Waals surface area contributed by atoms with Gasteiger partial charge in [0.25, 0.3) is 5.91 Å². The van der Waals surface area contributed by atoms with Gasteiger partial charge in [-0.15, -0.1) is 0 Å². The highest BCUT2D eigenvalue weighted by atomic mass is 79.9. The number of hydrogen-bond acceptors (Lipinski definition) is 3. The van der Waals surface area contributed by atoms with Crippen LogP contribution in [-0.2, 0) is 6.54 Å². The summed E-state index contributed by atoms with van der Waals surface area (Å²) >= 11 is 3.35. The van der Waals surface area contributed by atoms with Crippen molar-refractivity contribution in [3.05, 3.63) is 57.6 Å². The minimum Gasteiger partial charge on any atom is -0.497 e. The minimum atomic E-state index is -0.150. The summed E-state index contributed by atoms with van der Waals surface area (Å²) in [6.07, 6.45) is 0. The van der Waals surface area contributed by atoms with E-state index in [2.05, 4.69) is 21.2 Å². The van der Waals surface area contributed by atoms with Crippen molar-refractivity contribution in [2.45, 2.75) is 13.5 Å². The van der Waals surface area contributed by atoms with Crippen LogP contribution in [0.3, 0.4) is 0 Å². The van der Waals surface area contributed by atoms with Crippen molar-refractivity contribution in [1.29, 1.82) is 0 Å². The molecule has 0 aromatic heterocycles. The number of hydrogen-bond donors (Lipinski definition) is 2. The Morgan fingerprint density at radius 2 is 2.10 bits per heavy atom. The zero-order valence-corrected chi connectivity index (χ0v) is 13.5. The summed E-state index contributed by atoms with van der Waals surface area (Å²) in [5.74, 6) is 0.618.